The number of hydrogen-bond acceptors (Lipinski definition) is 4. The molecule has 5 heteroatoms. The quantitative estimate of drug-likeness (QED) is 0.686. The molecule has 0 spiro atoms. The Morgan fingerprint density at radius 1 is 1.23 bits per heavy atom. The largest absolute Gasteiger partial charge is 0.493 e. The Bertz CT molecular complexity index is 593. The standard InChI is InChI=1S/C21H32N2O3/c1-17(2)16-26-19-9-7-18(15-20(19)25-3)8-10-21(24)22-11-14-23-12-5-4-6-13-23/h7-10,15,17H,4-6,11-14,16H2,1-3H3,(H,22,24)/b10-8+. The molecule has 1 aliphatic heterocycles. The molecule has 144 valence electrons. The number of piperidine rings is 1. The summed E-state index contributed by atoms with van der Waals surface area (Å²) >= 11 is 0. The molecule has 1 N–H and O–H groups in total. The molecule has 0 radical (unpaired) electrons. The highest BCUT2D eigenvalue weighted by Crippen LogP contribution is 2.28. The fourth-order valence-electron chi connectivity index (χ4n) is 2.91. The summed E-state index contributed by atoms with van der Waals surface area (Å²) in [5.74, 6) is 1.79. The first-order valence-electron chi connectivity index (χ1n) is 9.57. The number of amides is 1. The lowest BCUT2D eigenvalue weighted by Gasteiger charge is -2.26. The van der Waals surface area contributed by atoms with E-state index in [9.17, 15) is 4.79 Å². The van der Waals surface area contributed by atoms with Crippen LogP contribution in [0.15, 0.2) is 24.3 Å². The van der Waals surface area contributed by atoms with E-state index in [4.69, 9.17) is 9.47 Å². The summed E-state index contributed by atoms with van der Waals surface area (Å²) in [5.41, 5.74) is 0.907. The maximum Gasteiger partial charge on any atom is 0.244 e. The number of hydrogen-bond donors (Lipinski definition) is 1. The van der Waals surface area contributed by atoms with Crippen LogP contribution in [0.4, 0.5) is 0 Å². The number of nitrogens with one attached hydrogen (secondary N) is 1. The van der Waals surface area contributed by atoms with E-state index >= 15 is 0 Å². The van der Waals surface area contributed by atoms with Crippen LogP contribution in [0.5, 0.6) is 11.5 Å². The van der Waals surface area contributed by atoms with Crippen molar-refractivity contribution in [2.45, 2.75) is 33.1 Å². The molecular weight excluding hydrogens is 328 g/mol. The zero-order chi connectivity index (χ0) is 18.8. The molecule has 1 amide bonds. The Kier molecular flexibility index (Phi) is 8.48. The van der Waals surface area contributed by atoms with Gasteiger partial charge in [-0.05, 0) is 55.6 Å². The van der Waals surface area contributed by atoms with Crippen LogP contribution in [0.2, 0.25) is 0 Å². The molecule has 0 bridgehead atoms. The van der Waals surface area contributed by atoms with Crippen molar-refractivity contribution >= 4 is 12.0 Å². The van der Waals surface area contributed by atoms with Gasteiger partial charge in [-0.2, -0.15) is 0 Å². The molecule has 26 heavy (non-hydrogen) atoms. The summed E-state index contributed by atoms with van der Waals surface area (Å²) in [5, 5.41) is 2.95. The fraction of sp³-hybridized carbons (Fsp3) is 0.571. The van der Waals surface area contributed by atoms with Gasteiger partial charge in [-0.25, -0.2) is 0 Å². The Balaban J connectivity index is 1.81. The Labute approximate surface area is 157 Å². The summed E-state index contributed by atoms with van der Waals surface area (Å²) in [6, 6.07) is 5.69. The second-order valence-corrected chi connectivity index (χ2v) is 7.14. The summed E-state index contributed by atoms with van der Waals surface area (Å²) in [6.45, 7) is 8.77. The van der Waals surface area contributed by atoms with Gasteiger partial charge in [-0.15, -0.1) is 0 Å². The molecule has 1 fully saturated rings. The Morgan fingerprint density at radius 2 is 2.00 bits per heavy atom. The normalized spacial score (nSPS) is 15.4. The summed E-state index contributed by atoms with van der Waals surface area (Å²) in [6.07, 6.45) is 7.24. The number of methoxy groups -OCH3 is 1. The van der Waals surface area contributed by atoms with Crippen LogP contribution in [-0.4, -0.2) is 50.7 Å². The number of nitrogens with zero attached hydrogens (tertiary/aromatic N) is 1. The maximum atomic E-state index is 12.0. The van der Waals surface area contributed by atoms with Crippen molar-refractivity contribution in [1.82, 2.24) is 10.2 Å². The van der Waals surface area contributed by atoms with Crippen molar-refractivity contribution in [3.8, 4) is 11.5 Å². The summed E-state index contributed by atoms with van der Waals surface area (Å²) in [7, 11) is 1.62. The van der Waals surface area contributed by atoms with Crippen LogP contribution in [0, 0.1) is 5.92 Å². The molecule has 1 heterocycles. The third-order valence-corrected chi connectivity index (χ3v) is 4.36. The van der Waals surface area contributed by atoms with Crippen molar-refractivity contribution in [3.05, 3.63) is 29.8 Å². The zero-order valence-corrected chi connectivity index (χ0v) is 16.3. The predicted molar refractivity (Wildman–Crippen MR) is 106 cm³/mol. The SMILES string of the molecule is COc1cc(/C=C/C(=O)NCCN2CCCCC2)ccc1OCC(C)C. The molecule has 0 saturated carbocycles. The highest BCUT2D eigenvalue weighted by Gasteiger charge is 2.09. The van der Waals surface area contributed by atoms with Gasteiger partial charge in [0.05, 0.1) is 13.7 Å². The summed E-state index contributed by atoms with van der Waals surface area (Å²) < 4.78 is 11.1. The van der Waals surface area contributed by atoms with Crippen molar-refractivity contribution in [2.75, 3.05) is 39.9 Å². The number of carbonyl (C=O) groups is 1. The van der Waals surface area contributed by atoms with Crippen LogP contribution < -0.4 is 14.8 Å². The highest BCUT2D eigenvalue weighted by atomic mass is 16.5. The minimum absolute atomic E-state index is 0.0684. The molecule has 0 aliphatic carbocycles. The molecule has 0 atom stereocenters. The van der Waals surface area contributed by atoms with Gasteiger partial charge in [0.25, 0.3) is 0 Å². The van der Waals surface area contributed by atoms with E-state index in [0.717, 1.165) is 30.9 Å². The number of ether oxygens (including phenoxy) is 2. The van der Waals surface area contributed by atoms with Gasteiger partial charge < -0.3 is 19.7 Å². The monoisotopic (exact) mass is 360 g/mol. The molecule has 0 aromatic heterocycles. The first kappa shape index (κ1) is 20.3. The van der Waals surface area contributed by atoms with Gasteiger partial charge in [0, 0.05) is 19.2 Å². The predicted octanol–water partition coefficient (Wildman–Crippen LogP) is 3.35. The minimum Gasteiger partial charge on any atom is -0.493 e. The van der Waals surface area contributed by atoms with E-state index in [1.54, 1.807) is 19.3 Å². The Hall–Kier alpha value is -2.01. The zero-order valence-electron chi connectivity index (χ0n) is 16.3. The first-order valence-corrected chi connectivity index (χ1v) is 9.57. The van der Waals surface area contributed by atoms with Crippen LogP contribution in [0.3, 0.4) is 0 Å². The van der Waals surface area contributed by atoms with E-state index < -0.39 is 0 Å². The fourth-order valence-corrected chi connectivity index (χ4v) is 2.91. The van der Waals surface area contributed by atoms with Crippen LogP contribution in [-0.2, 0) is 4.79 Å². The number of benzene rings is 1. The van der Waals surface area contributed by atoms with Gasteiger partial charge >= 0.3 is 0 Å². The van der Waals surface area contributed by atoms with Crippen molar-refractivity contribution in [2.24, 2.45) is 5.92 Å². The molecular formula is C21H32N2O3. The van der Waals surface area contributed by atoms with Crippen LogP contribution >= 0.6 is 0 Å². The molecule has 1 aromatic rings. The van der Waals surface area contributed by atoms with Crippen molar-refractivity contribution in [3.63, 3.8) is 0 Å². The van der Waals surface area contributed by atoms with Crippen molar-refractivity contribution < 1.29 is 14.3 Å². The van der Waals surface area contributed by atoms with Gasteiger partial charge in [-0.1, -0.05) is 26.3 Å². The lowest BCUT2D eigenvalue weighted by molar-refractivity contribution is -0.116. The highest BCUT2D eigenvalue weighted by molar-refractivity contribution is 5.91. The van der Waals surface area contributed by atoms with Gasteiger partial charge in [-0.3, -0.25) is 4.79 Å². The lowest BCUT2D eigenvalue weighted by atomic mass is 10.1. The molecule has 2 rings (SSSR count). The smallest absolute Gasteiger partial charge is 0.244 e. The molecule has 5 nitrogen and oxygen atoms in total. The molecule has 1 aliphatic rings. The van der Waals surface area contributed by atoms with E-state index in [-0.39, 0.29) is 5.91 Å². The number of likely N-dealkylation sites (tertiary alicyclic amines) is 1. The third kappa shape index (κ3) is 7.08. The minimum atomic E-state index is -0.0684. The number of carbonyl (C=O) groups excluding carboxylic acids is 1. The van der Waals surface area contributed by atoms with Crippen molar-refractivity contribution in [1.29, 1.82) is 0 Å². The molecule has 0 unspecified atom stereocenters. The molecule has 1 aromatic carbocycles. The van der Waals surface area contributed by atoms with E-state index in [1.165, 1.54) is 19.3 Å². The average molecular weight is 360 g/mol. The first-order chi connectivity index (χ1) is 12.6. The van der Waals surface area contributed by atoms with Crippen LogP contribution in [0.25, 0.3) is 6.08 Å². The Morgan fingerprint density at radius 3 is 2.69 bits per heavy atom. The topological polar surface area (TPSA) is 50.8 Å². The van der Waals surface area contributed by atoms with Gasteiger partial charge in [0.2, 0.25) is 5.91 Å². The van der Waals surface area contributed by atoms with Gasteiger partial charge in [0.15, 0.2) is 11.5 Å². The average Bonchev–Trinajstić information content (AvgIpc) is 2.65. The van der Waals surface area contributed by atoms with E-state index in [1.807, 2.05) is 18.2 Å². The third-order valence-electron chi connectivity index (χ3n) is 4.36. The summed E-state index contributed by atoms with van der Waals surface area (Å²) in [4.78, 5) is 14.4. The maximum absolute atomic E-state index is 12.0. The van der Waals surface area contributed by atoms with E-state index in [0.29, 0.717) is 24.8 Å². The van der Waals surface area contributed by atoms with E-state index in [2.05, 4.69) is 24.1 Å². The second kappa shape index (κ2) is 10.9. The van der Waals surface area contributed by atoms with Crippen LogP contribution in [0.1, 0.15) is 38.7 Å². The van der Waals surface area contributed by atoms with Gasteiger partial charge in [0.1, 0.15) is 0 Å². The second-order valence-electron chi connectivity index (χ2n) is 7.14. The lowest BCUT2D eigenvalue weighted by Crippen LogP contribution is -2.37. The number of rotatable bonds is 9. The molecule has 1 saturated heterocycles.